The quantitative estimate of drug-likeness (QED) is 0.785. The molecule has 0 aliphatic heterocycles. The predicted octanol–water partition coefficient (Wildman–Crippen LogP) is 3.52. The third-order valence-electron chi connectivity index (χ3n) is 2.54. The maximum absolute atomic E-state index is 11.2. The summed E-state index contributed by atoms with van der Waals surface area (Å²) in [5, 5.41) is 9.18. The van der Waals surface area contributed by atoms with Crippen molar-refractivity contribution in [3.8, 4) is 0 Å². The van der Waals surface area contributed by atoms with Gasteiger partial charge in [0.2, 0.25) is 0 Å². The second-order valence-corrected chi connectivity index (χ2v) is 4.32. The normalized spacial score (nSPS) is 11.9. The van der Waals surface area contributed by atoms with Gasteiger partial charge < -0.3 is 5.11 Å². The molecule has 2 nitrogen and oxygen atoms in total. The highest BCUT2D eigenvalue weighted by Gasteiger charge is 2.17. The van der Waals surface area contributed by atoms with Crippen molar-refractivity contribution in [2.75, 3.05) is 0 Å². The first-order chi connectivity index (χ1) is 7.50. The summed E-state index contributed by atoms with van der Waals surface area (Å²) in [5.74, 6) is -1.20. The molecule has 1 rings (SSSR count). The van der Waals surface area contributed by atoms with Crippen LogP contribution in [0.2, 0.25) is 0 Å². The lowest BCUT2D eigenvalue weighted by molar-refractivity contribution is -0.138. The number of allylic oxidation sites excluding steroid dienone is 2. The molecule has 16 heavy (non-hydrogen) atoms. The molecule has 0 fully saturated rings. The molecule has 1 unspecified atom stereocenters. The zero-order valence-electron chi connectivity index (χ0n) is 10.0. The Morgan fingerprint density at radius 1 is 1.31 bits per heavy atom. The minimum Gasteiger partial charge on any atom is -0.481 e. The largest absolute Gasteiger partial charge is 0.481 e. The Balaban J connectivity index is 2.90. The Bertz CT molecular complexity index is 384. The first-order valence-corrected chi connectivity index (χ1v) is 5.43. The molecule has 0 radical (unpaired) electrons. The predicted molar refractivity (Wildman–Crippen MR) is 65.6 cm³/mol. The van der Waals surface area contributed by atoms with Gasteiger partial charge in [-0.05, 0) is 32.8 Å². The van der Waals surface area contributed by atoms with Crippen molar-refractivity contribution in [3.05, 3.63) is 47.0 Å². The van der Waals surface area contributed by atoms with E-state index < -0.39 is 11.9 Å². The number of aryl methyl sites for hydroxylation is 1. The average molecular weight is 218 g/mol. The van der Waals surface area contributed by atoms with Crippen LogP contribution >= 0.6 is 0 Å². The number of carboxylic acids is 1. The number of rotatable bonds is 4. The van der Waals surface area contributed by atoms with Crippen LogP contribution in [0, 0.1) is 6.92 Å². The lowest BCUT2D eigenvalue weighted by atomic mass is 9.94. The molecule has 1 atom stereocenters. The molecule has 0 spiro atoms. The minimum absolute atomic E-state index is 0.435. The van der Waals surface area contributed by atoms with Crippen molar-refractivity contribution in [1.82, 2.24) is 0 Å². The molecule has 0 aliphatic carbocycles. The van der Waals surface area contributed by atoms with E-state index >= 15 is 0 Å². The smallest absolute Gasteiger partial charge is 0.311 e. The third kappa shape index (κ3) is 3.54. The molecule has 1 aromatic carbocycles. The van der Waals surface area contributed by atoms with E-state index in [9.17, 15) is 9.90 Å². The highest BCUT2D eigenvalue weighted by Crippen LogP contribution is 2.21. The van der Waals surface area contributed by atoms with Crippen molar-refractivity contribution in [3.63, 3.8) is 0 Å². The fourth-order valence-corrected chi connectivity index (χ4v) is 1.53. The molecule has 1 aromatic rings. The number of hydrogen-bond acceptors (Lipinski definition) is 1. The Hall–Kier alpha value is -1.57. The third-order valence-corrected chi connectivity index (χ3v) is 2.54. The molecule has 0 heterocycles. The van der Waals surface area contributed by atoms with Gasteiger partial charge in [-0.3, -0.25) is 4.79 Å². The molecule has 0 saturated heterocycles. The number of hydrogen-bond donors (Lipinski definition) is 1. The van der Waals surface area contributed by atoms with Crippen LogP contribution in [0.5, 0.6) is 0 Å². The van der Waals surface area contributed by atoms with Gasteiger partial charge in [0.25, 0.3) is 0 Å². The fraction of sp³-hybridized carbons (Fsp3) is 0.357. The van der Waals surface area contributed by atoms with Crippen molar-refractivity contribution in [2.45, 2.75) is 33.1 Å². The second kappa shape index (κ2) is 5.50. The van der Waals surface area contributed by atoms with Crippen LogP contribution in [0.15, 0.2) is 35.9 Å². The number of carbonyl (C=O) groups is 1. The van der Waals surface area contributed by atoms with Crippen LogP contribution in [0.3, 0.4) is 0 Å². The van der Waals surface area contributed by atoms with Gasteiger partial charge in [0.1, 0.15) is 0 Å². The second-order valence-electron chi connectivity index (χ2n) is 4.32. The number of aliphatic carboxylic acids is 1. The standard InChI is InChI=1S/C14H18O2/c1-10(2)4-9-13(14(15)16)12-7-5-11(3)6-8-12/h4-8,13H,9H2,1-3H3,(H,15,16). The van der Waals surface area contributed by atoms with Crippen LogP contribution in [0.25, 0.3) is 0 Å². The lowest BCUT2D eigenvalue weighted by Crippen LogP contribution is -2.10. The number of carboxylic acid groups (broad SMARTS) is 1. The summed E-state index contributed by atoms with van der Waals surface area (Å²) < 4.78 is 0. The van der Waals surface area contributed by atoms with E-state index in [4.69, 9.17) is 0 Å². The average Bonchev–Trinajstić information content (AvgIpc) is 2.20. The minimum atomic E-state index is -0.763. The summed E-state index contributed by atoms with van der Waals surface area (Å²) in [6.45, 7) is 5.96. The number of benzene rings is 1. The van der Waals surface area contributed by atoms with Gasteiger partial charge in [0, 0.05) is 0 Å². The molecule has 0 aliphatic rings. The van der Waals surface area contributed by atoms with Gasteiger partial charge in [-0.15, -0.1) is 0 Å². The van der Waals surface area contributed by atoms with Crippen molar-refractivity contribution in [2.24, 2.45) is 0 Å². The van der Waals surface area contributed by atoms with Gasteiger partial charge in [-0.2, -0.15) is 0 Å². The summed E-state index contributed by atoms with van der Waals surface area (Å²) in [6, 6.07) is 7.70. The Morgan fingerprint density at radius 3 is 2.31 bits per heavy atom. The Labute approximate surface area is 96.6 Å². The zero-order chi connectivity index (χ0) is 12.1. The van der Waals surface area contributed by atoms with Crippen LogP contribution in [-0.4, -0.2) is 11.1 Å². The van der Waals surface area contributed by atoms with Crippen LogP contribution in [0.4, 0.5) is 0 Å². The molecule has 0 aromatic heterocycles. The summed E-state index contributed by atoms with van der Waals surface area (Å²) in [5.41, 5.74) is 3.17. The van der Waals surface area contributed by atoms with E-state index in [0.29, 0.717) is 6.42 Å². The van der Waals surface area contributed by atoms with E-state index in [-0.39, 0.29) is 0 Å². The summed E-state index contributed by atoms with van der Waals surface area (Å²) in [4.78, 5) is 11.2. The molecule has 0 amide bonds. The fourth-order valence-electron chi connectivity index (χ4n) is 1.53. The zero-order valence-corrected chi connectivity index (χ0v) is 10.0. The maximum Gasteiger partial charge on any atom is 0.311 e. The van der Waals surface area contributed by atoms with E-state index in [1.807, 2.05) is 51.1 Å². The highest BCUT2D eigenvalue weighted by molar-refractivity contribution is 5.76. The van der Waals surface area contributed by atoms with E-state index in [1.165, 1.54) is 0 Å². The van der Waals surface area contributed by atoms with Gasteiger partial charge >= 0.3 is 5.97 Å². The van der Waals surface area contributed by atoms with Crippen molar-refractivity contribution < 1.29 is 9.90 Å². The Morgan fingerprint density at radius 2 is 1.88 bits per heavy atom. The summed E-state index contributed by atoms with van der Waals surface area (Å²) in [6.07, 6.45) is 2.53. The SMILES string of the molecule is CC(C)=CCC(C(=O)O)c1ccc(C)cc1. The summed E-state index contributed by atoms with van der Waals surface area (Å²) in [7, 11) is 0. The molecule has 2 heteroatoms. The van der Waals surface area contributed by atoms with Crippen LogP contribution in [0.1, 0.15) is 37.3 Å². The van der Waals surface area contributed by atoms with Gasteiger partial charge in [-0.1, -0.05) is 41.5 Å². The van der Waals surface area contributed by atoms with Gasteiger partial charge in [0.15, 0.2) is 0 Å². The first-order valence-electron chi connectivity index (χ1n) is 5.43. The monoisotopic (exact) mass is 218 g/mol. The van der Waals surface area contributed by atoms with Crippen molar-refractivity contribution >= 4 is 5.97 Å². The summed E-state index contributed by atoms with van der Waals surface area (Å²) >= 11 is 0. The lowest BCUT2D eigenvalue weighted by Gasteiger charge is -2.11. The maximum atomic E-state index is 11.2. The highest BCUT2D eigenvalue weighted by atomic mass is 16.4. The Kier molecular flexibility index (Phi) is 4.29. The van der Waals surface area contributed by atoms with Gasteiger partial charge in [0.05, 0.1) is 5.92 Å². The van der Waals surface area contributed by atoms with Gasteiger partial charge in [-0.25, -0.2) is 0 Å². The van der Waals surface area contributed by atoms with Crippen LogP contribution in [-0.2, 0) is 4.79 Å². The topological polar surface area (TPSA) is 37.3 Å². The van der Waals surface area contributed by atoms with Crippen LogP contribution < -0.4 is 0 Å². The molecule has 0 bridgehead atoms. The molecular formula is C14H18O2. The first kappa shape index (κ1) is 12.5. The van der Waals surface area contributed by atoms with E-state index in [2.05, 4.69) is 0 Å². The molecular weight excluding hydrogens is 200 g/mol. The van der Waals surface area contributed by atoms with E-state index in [1.54, 1.807) is 0 Å². The molecule has 0 saturated carbocycles. The molecule has 1 N–H and O–H groups in total. The molecule has 86 valence electrons. The van der Waals surface area contributed by atoms with Crippen molar-refractivity contribution in [1.29, 1.82) is 0 Å². The van der Waals surface area contributed by atoms with E-state index in [0.717, 1.165) is 16.7 Å².